The number of alkyl halides is 3. The third-order valence-corrected chi connectivity index (χ3v) is 8.82. The Balaban J connectivity index is 1.23. The smallest absolute Gasteiger partial charge is 0.348 e. The molecule has 0 bridgehead atoms. The molecule has 208 valence electrons. The van der Waals surface area contributed by atoms with Crippen LogP contribution in [0.15, 0.2) is 30.1 Å². The molecule has 2 aliphatic carbocycles. The molecule has 1 saturated heterocycles. The van der Waals surface area contributed by atoms with Crippen LogP contribution < -0.4 is 0 Å². The summed E-state index contributed by atoms with van der Waals surface area (Å²) in [6, 6.07) is 5.38. The number of rotatable bonds is 8. The Morgan fingerprint density at radius 3 is 2.11 bits per heavy atom. The third-order valence-electron chi connectivity index (χ3n) is 8.82. The average molecular weight is 529 g/mol. The molecule has 1 aliphatic heterocycles. The van der Waals surface area contributed by atoms with E-state index in [1.54, 1.807) is 6.07 Å². The van der Waals surface area contributed by atoms with Crippen molar-refractivity contribution in [1.29, 1.82) is 0 Å². The highest BCUT2D eigenvalue weighted by atomic mass is 19.4. The maximum absolute atomic E-state index is 15.1. The normalized spacial score (nSPS) is 31.9. The first-order valence-electron chi connectivity index (χ1n) is 14.2. The van der Waals surface area contributed by atoms with E-state index in [1.165, 1.54) is 19.3 Å². The fourth-order valence-corrected chi connectivity index (χ4v) is 6.65. The highest BCUT2D eigenvalue weighted by Gasteiger charge is 2.35. The first-order valence-corrected chi connectivity index (χ1v) is 14.2. The second kappa shape index (κ2) is 13.1. The molecule has 1 aromatic rings. The summed E-state index contributed by atoms with van der Waals surface area (Å²) >= 11 is 0. The maximum Gasteiger partial charge on any atom is 0.412 e. The van der Waals surface area contributed by atoms with E-state index in [-0.39, 0.29) is 17.8 Å². The number of hydrogen-bond donors (Lipinski definition) is 0. The van der Waals surface area contributed by atoms with Gasteiger partial charge in [0, 0.05) is 17.4 Å². The maximum atomic E-state index is 15.1. The van der Waals surface area contributed by atoms with Gasteiger partial charge in [0.15, 0.2) is 6.29 Å². The molecule has 37 heavy (non-hydrogen) atoms. The molecule has 0 unspecified atom stereocenters. The number of benzene rings is 1. The van der Waals surface area contributed by atoms with Crippen molar-refractivity contribution in [3.8, 4) is 0 Å². The molecule has 1 heterocycles. The molecule has 3 aliphatic rings. The van der Waals surface area contributed by atoms with Crippen LogP contribution in [0.2, 0.25) is 0 Å². The van der Waals surface area contributed by atoms with Gasteiger partial charge in [-0.25, -0.2) is 8.78 Å². The van der Waals surface area contributed by atoms with Crippen molar-refractivity contribution in [3.05, 3.63) is 47.0 Å². The van der Waals surface area contributed by atoms with Crippen LogP contribution in [0.25, 0.3) is 0 Å². The first-order chi connectivity index (χ1) is 17.7. The van der Waals surface area contributed by atoms with E-state index in [9.17, 15) is 17.6 Å². The molecule has 4 rings (SSSR count). The summed E-state index contributed by atoms with van der Waals surface area (Å²) < 4.78 is 78.2. The molecule has 3 fully saturated rings. The van der Waals surface area contributed by atoms with Gasteiger partial charge < -0.3 is 9.47 Å². The highest BCUT2D eigenvalue weighted by Crippen LogP contribution is 2.46. The molecule has 0 amide bonds. The van der Waals surface area contributed by atoms with E-state index in [1.807, 2.05) is 12.1 Å². The number of ether oxygens (including phenoxy) is 2. The molecule has 0 N–H and O–H groups in total. The minimum Gasteiger partial charge on any atom is -0.348 e. The van der Waals surface area contributed by atoms with Crippen LogP contribution in [0.1, 0.15) is 107 Å². The third kappa shape index (κ3) is 8.01. The van der Waals surface area contributed by atoms with Gasteiger partial charge in [-0.05, 0) is 87.2 Å². The van der Waals surface area contributed by atoms with E-state index >= 15 is 4.39 Å². The van der Waals surface area contributed by atoms with Gasteiger partial charge in [0.2, 0.25) is 0 Å². The van der Waals surface area contributed by atoms with Crippen molar-refractivity contribution in [1.82, 2.24) is 0 Å². The predicted molar refractivity (Wildman–Crippen MR) is 134 cm³/mol. The lowest BCUT2D eigenvalue weighted by Gasteiger charge is -2.38. The number of unbranched alkanes of at least 4 members (excludes halogenated alkanes) is 2. The van der Waals surface area contributed by atoms with Crippen molar-refractivity contribution < 1.29 is 31.4 Å². The first kappa shape index (κ1) is 28.5. The molecule has 0 radical (unpaired) electrons. The highest BCUT2D eigenvalue weighted by molar-refractivity contribution is 5.28. The van der Waals surface area contributed by atoms with Crippen molar-refractivity contribution in [2.24, 2.45) is 23.7 Å². The summed E-state index contributed by atoms with van der Waals surface area (Å²) in [5, 5.41) is 0. The average Bonchev–Trinajstić information content (AvgIpc) is 2.88. The zero-order chi connectivity index (χ0) is 26.4. The molecule has 1 aromatic carbocycles. The van der Waals surface area contributed by atoms with E-state index in [4.69, 9.17) is 9.47 Å². The molecular weight excluding hydrogens is 487 g/mol. The lowest BCUT2D eigenvalue weighted by Crippen LogP contribution is -2.27. The summed E-state index contributed by atoms with van der Waals surface area (Å²) in [4.78, 5) is 0. The van der Waals surface area contributed by atoms with Crippen LogP contribution in [-0.4, -0.2) is 19.4 Å². The minimum absolute atomic E-state index is 0.171. The largest absolute Gasteiger partial charge is 0.412 e. The van der Waals surface area contributed by atoms with Gasteiger partial charge in [0.05, 0.1) is 19.3 Å². The van der Waals surface area contributed by atoms with Gasteiger partial charge in [0.25, 0.3) is 0 Å². The van der Waals surface area contributed by atoms with Crippen LogP contribution in [0.3, 0.4) is 0 Å². The summed E-state index contributed by atoms with van der Waals surface area (Å²) in [6.07, 6.45) is 5.67. The van der Waals surface area contributed by atoms with Gasteiger partial charge in [-0.2, -0.15) is 13.2 Å². The Kier molecular flexibility index (Phi) is 10.1. The monoisotopic (exact) mass is 528 g/mol. The van der Waals surface area contributed by atoms with Crippen LogP contribution in [0, 0.1) is 29.5 Å². The Bertz CT molecular complexity index is 874. The van der Waals surface area contributed by atoms with Crippen molar-refractivity contribution in [2.45, 2.75) is 102 Å². The molecule has 7 heteroatoms. The topological polar surface area (TPSA) is 18.5 Å². The Morgan fingerprint density at radius 1 is 0.919 bits per heavy atom. The fraction of sp³-hybridized carbons (Fsp3) is 0.733. The van der Waals surface area contributed by atoms with Gasteiger partial charge >= 0.3 is 6.18 Å². The summed E-state index contributed by atoms with van der Waals surface area (Å²) in [5.74, 6) is -0.337. The fourth-order valence-electron chi connectivity index (χ4n) is 6.65. The van der Waals surface area contributed by atoms with Crippen molar-refractivity contribution in [3.63, 3.8) is 0 Å². The van der Waals surface area contributed by atoms with E-state index in [2.05, 4.69) is 6.92 Å². The van der Waals surface area contributed by atoms with Crippen LogP contribution in [0.4, 0.5) is 22.0 Å². The Labute approximate surface area is 218 Å². The van der Waals surface area contributed by atoms with Crippen molar-refractivity contribution in [2.75, 3.05) is 13.2 Å². The summed E-state index contributed by atoms with van der Waals surface area (Å²) in [5.41, 5.74) is 1.48. The van der Waals surface area contributed by atoms with Gasteiger partial charge in [-0.3, -0.25) is 0 Å². The van der Waals surface area contributed by atoms with Crippen LogP contribution in [-0.2, 0) is 9.47 Å². The minimum atomic E-state index is -4.60. The quantitative estimate of drug-likeness (QED) is 0.247. The zero-order valence-electron chi connectivity index (χ0n) is 21.9. The van der Waals surface area contributed by atoms with Crippen molar-refractivity contribution >= 4 is 0 Å². The van der Waals surface area contributed by atoms with Crippen LogP contribution >= 0.6 is 0 Å². The molecule has 0 atom stereocenters. The molecule has 2 nitrogen and oxygen atoms in total. The van der Waals surface area contributed by atoms with E-state index in [0.717, 1.165) is 56.1 Å². The number of allylic oxidation sites excluding steroid dienone is 2. The van der Waals surface area contributed by atoms with Gasteiger partial charge in [-0.15, -0.1) is 0 Å². The standard InChI is InChI=1S/C30H41F5O2/c1-2-3-4-5-20-18-36-29(37-19-20)25-14-15-26(27(31)16-25)23-10-6-21(7-11-23)22-8-12-24(13-9-22)28(32)17-30(33,34)35/h14-17,20-24,29H,2-13,18-19H2,1H3/b28-17-. The van der Waals surface area contributed by atoms with Gasteiger partial charge in [-0.1, -0.05) is 38.3 Å². The number of halogens is 5. The predicted octanol–water partition coefficient (Wildman–Crippen LogP) is 9.56. The second-order valence-corrected chi connectivity index (χ2v) is 11.4. The van der Waals surface area contributed by atoms with E-state index < -0.39 is 24.2 Å². The Hall–Kier alpha value is -1.47. The molecule has 2 saturated carbocycles. The van der Waals surface area contributed by atoms with Gasteiger partial charge in [0.1, 0.15) is 11.6 Å². The lowest BCUT2D eigenvalue weighted by molar-refractivity contribution is -0.206. The van der Waals surface area contributed by atoms with E-state index in [0.29, 0.717) is 43.8 Å². The number of hydrogen-bond acceptors (Lipinski definition) is 2. The van der Waals surface area contributed by atoms with Crippen LogP contribution in [0.5, 0.6) is 0 Å². The molecular formula is C30H41F5O2. The lowest BCUT2D eigenvalue weighted by atomic mass is 9.68. The second-order valence-electron chi connectivity index (χ2n) is 11.4. The zero-order valence-corrected chi connectivity index (χ0v) is 21.9. The molecule has 0 spiro atoms. The Morgan fingerprint density at radius 2 is 1.54 bits per heavy atom. The summed E-state index contributed by atoms with van der Waals surface area (Å²) in [6.45, 7) is 3.48. The summed E-state index contributed by atoms with van der Waals surface area (Å²) in [7, 11) is 0. The molecule has 0 aromatic heterocycles. The SMILES string of the molecule is CCCCCC1COC(c2ccc(C3CCC(C4CCC(/C(F)=C/C(F)(F)F)CC4)CC3)c(F)c2)OC1.